The molecular weight excluding hydrogens is 416 g/mol. The fourth-order valence-electron chi connectivity index (χ4n) is 4.09. The quantitative estimate of drug-likeness (QED) is 0.358. The van der Waals surface area contributed by atoms with Gasteiger partial charge in [-0.25, -0.2) is 4.79 Å². The van der Waals surface area contributed by atoms with E-state index in [1.54, 1.807) is 0 Å². The van der Waals surface area contributed by atoms with E-state index in [0.717, 1.165) is 12.8 Å². The third-order valence-corrected chi connectivity index (χ3v) is 5.57. The molecule has 0 radical (unpaired) electrons. The Balaban J connectivity index is 1.66. The van der Waals surface area contributed by atoms with Crippen LogP contribution in [0.3, 0.4) is 0 Å². The maximum atomic E-state index is 11.1. The molecule has 0 unspecified atom stereocenters. The number of aromatic hydroxyl groups is 1. The van der Waals surface area contributed by atoms with Gasteiger partial charge in [-0.15, -0.1) is 0 Å². The van der Waals surface area contributed by atoms with Crippen molar-refractivity contribution < 1.29 is 20.1 Å². The summed E-state index contributed by atoms with van der Waals surface area (Å²) >= 11 is 0. The lowest BCUT2D eigenvalue weighted by atomic mass is 10.0. The fourth-order valence-corrected chi connectivity index (χ4v) is 4.09. The number of hydrogen-bond acceptors (Lipinski definition) is 11. The zero-order valence-electron chi connectivity index (χ0n) is 17.6. The van der Waals surface area contributed by atoms with Crippen LogP contribution in [0.5, 0.6) is 5.75 Å². The highest BCUT2D eigenvalue weighted by Crippen LogP contribution is 2.26. The molecule has 3 atom stereocenters. The van der Waals surface area contributed by atoms with E-state index in [-0.39, 0.29) is 29.3 Å². The van der Waals surface area contributed by atoms with E-state index in [2.05, 4.69) is 20.3 Å². The van der Waals surface area contributed by atoms with Gasteiger partial charge < -0.3 is 41.9 Å². The third kappa shape index (κ3) is 4.98. The number of nitrogens with two attached hydrogens (primary N) is 2. The van der Waals surface area contributed by atoms with Crippen molar-refractivity contribution in [2.24, 2.45) is 11.5 Å². The lowest BCUT2D eigenvalue weighted by molar-refractivity contribution is 0.0693. The SMILES string of the molecule is N[C@@H]1C[C@H](N)CN(c2nc(Nc3ccc(C(=O)O)c(O)c3)nc(N3CCC[C@@H](O)C3)n2)C1. The summed E-state index contributed by atoms with van der Waals surface area (Å²) in [5, 5.41) is 32.2. The van der Waals surface area contributed by atoms with Crippen molar-refractivity contribution in [3.63, 3.8) is 0 Å². The topological polar surface area (TPSA) is 187 Å². The Bertz CT molecular complexity index is 980. The maximum Gasteiger partial charge on any atom is 0.339 e. The first-order chi connectivity index (χ1) is 15.3. The van der Waals surface area contributed by atoms with E-state index in [9.17, 15) is 15.0 Å². The number of benzene rings is 1. The molecule has 0 bridgehead atoms. The van der Waals surface area contributed by atoms with Crippen LogP contribution < -0.4 is 26.6 Å². The Morgan fingerprint density at radius 1 is 1.06 bits per heavy atom. The summed E-state index contributed by atoms with van der Waals surface area (Å²) in [5.41, 5.74) is 12.5. The molecule has 3 heterocycles. The first kappa shape index (κ1) is 22.0. The van der Waals surface area contributed by atoms with Crippen molar-refractivity contribution in [1.29, 1.82) is 0 Å². The van der Waals surface area contributed by atoms with Crippen LogP contribution in [0.1, 0.15) is 29.6 Å². The Kier molecular flexibility index (Phi) is 6.26. The van der Waals surface area contributed by atoms with Gasteiger partial charge in [-0.3, -0.25) is 0 Å². The third-order valence-electron chi connectivity index (χ3n) is 5.57. The van der Waals surface area contributed by atoms with Crippen LogP contribution in [0, 0.1) is 0 Å². The van der Waals surface area contributed by atoms with Gasteiger partial charge in [-0.1, -0.05) is 0 Å². The Labute approximate surface area is 184 Å². The minimum Gasteiger partial charge on any atom is -0.507 e. The Morgan fingerprint density at radius 2 is 1.75 bits per heavy atom. The second-order valence-electron chi connectivity index (χ2n) is 8.32. The van der Waals surface area contributed by atoms with Gasteiger partial charge in [-0.2, -0.15) is 15.0 Å². The molecule has 32 heavy (non-hydrogen) atoms. The van der Waals surface area contributed by atoms with Gasteiger partial charge in [0, 0.05) is 50.0 Å². The molecule has 2 aliphatic heterocycles. The number of rotatable bonds is 5. The van der Waals surface area contributed by atoms with Gasteiger partial charge in [0.25, 0.3) is 0 Å². The molecule has 8 N–H and O–H groups in total. The number of nitrogens with zero attached hydrogens (tertiary/aromatic N) is 5. The molecular formula is C20H28N8O4. The molecule has 2 aliphatic rings. The largest absolute Gasteiger partial charge is 0.507 e. The average molecular weight is 444 g/mol. The maximum absolute atomic E-state index is 11.1. The van der Waals surface area contributed by atoms with Crippen LogP contribution in [-0.4, -0.2) is 80.6 Å². The number of aromatic nitrogens is 3. The molecule has 2 fully saturated rings. The number of aromatic carboxylic acids is 1. The van der Waals surface area contributed by atoms with Crippen LogP contribution in [0.25, 0.3) is 0 Å². The van der Waals surface area contributed by atoms with E-state index in [1.165, 1.54) is 18.2 Å². The standard InChI is InChI=1S/C20H28N8O4/c21-11-6-12(22)9-28(8-11)20-25-18(23-13-3-4-15(17(31)32)16(30)7-13)24-19(26-20)27-5-1-2-14(29)10-27/h3-4,7,11-12,14,29-30H,1-2,5-6,8-10,21-22H2,(H,31,32)(H,23,24,25,26)/t11-,12+,14-/m1/s1. The van der Waals surface area contributed by atoms with Gasteiger partial charge in [-0.05, 0) is 31.4 Å². The predicted molar refractivity (Wildman–Crippen MR) is 118 cm³/mol. The van der Waals surface area contributed by atoms with Gasteiger partial charge in [0.2, 0.25) is 17.8 Å². The molecule has 1 aromatic heterocycles. The minimum absolute atomic E-state index is 0.104. The average Bonchev–Trinajstić information content (AvgIpc) is 2.72. The number of aliphatic hydroxyl groups excluding tert-OH is 1. The number of hydrogen-bond donors (Lipinski definition) is 6. The van der Waals surface area contributed by atoms with Crippen LogP contribution in [0.15, 0.2) is 18.2 Å². The van der Waals surface area contributed by atoms with E-state index in [4.69, 9.17) is 16.6 Å². The summed E-state index contributed by atoms with van der Waals surface area (Å²) in [7, 11) is 0. The molecule has 2 aromatic rings. The minimum atomic E-state index is -1.22. The van der Waals surface area contributed by atoms with Crippen LogP contribution in [-0.2, 0) is 0 Å². The molecule has 0 aliphatic carbocycles. The van der Waals surface area contributed by atoms with Crippen molar-refractivity contribution in [3.8, 4) is 5.75 Å². The molecule has 0 saturated carbocycles. The van der Waals surface area contributed by atoms with E-state index < -0.39 is 12.1 Å². The summed E-state index contributed by atoms with van der Waals surface area (Å²) in [6, 6.07) is 3.90. The zero-order valence-corrected chi connectivity index (χ0v) is 17.6. The van der Waals surface area contributed by atoms with Crippen molar-refractivity contribution in [2.45, 2.75) is 37.5 Å². The summed E-state index contributed by atoms with van der Waals surface area (Å²) in [5.74, 6) is -0.547. The van der Waals surface area contributed by atoms with Crippen molar-refractivity contribution >= 4 is 29.5 Å². The van der Waals surface area contributed by atoms with Gasteiger partial charge in [0.15, 0.2) is 0 Å². The van der Waals surface area contributed by atoms with Gasteiger partial charge in [0.05, 0.1) is 6.10 Å². The van der Waals surface area contributed by atoms with Gasteiger partial charge >= 0.3 is 5.97 Å². The summed E-state index contributed by atoms with van der Waals surface area (Å²) < 4.78 is 0. The Hall–Kier alpha value is -3.22. The van der Waals surface area contributed by atoms with Crippen molar-refractivity contribution in [2.75, 3.05) is 41.3 Å². The van der Waals surface area contributed by atoms with E-state index in [1.807, 2.05) is 9.80 Å². The number of aliphatic hydroxyl groups is 1. The number of carboxylic acid groups (broad SMARTS) is 1. The predicted octanol–water partition coefficient (Wildman–Crippen LogP) is -0.155. The zero-order chi connectivity index (χ0) is 22.8. The molecule has 2 saturated heterocycles. The summed E-state index contributed by atoms with van der Waals surface area (Å²) in [6.07, 6.45) is 1.80. The monoisotopic (exact) mass is 444 g/mol. The number of nitrogens with one attached hydrogen (secondary N) is 1. The Morgan fingerprint density at radius 3 is 2.38 bits per heavy atom. The number of carboxylic acids is 1. The number of anilines is 4. The van der Waals surface area contributed by atoms with Crippen LogP contribution in [0.2, 0.25) is 0 Å². The second-order valence-corrected chi connectivity index (χ2v) is 8.32. The molecule has 0 amide bonds. The highest BCUT2D eigenvalue weighted by atomic mass is 16.4. The number of phenols is 1. The normalized spacial score (nSPS) is 23.8. The highest BCUT2D eigenvalue weighted by Gasteiger charge is 2.27. The van der Waals surface area contributed by atoms with Crippen molar-refractivity contribution in [1.82, 2.24) is 15.0 Å². The van der Waals surface area contributed by atoms with E-state index >= 15 is 0 Å². The summed E-state index contributed by atoms with van der Waals surface area (Å²) in [6.45, 7) is 2.21. The summed E-state index contributed by atoms with van der Waals surface area (Å²) in [4.78, 5) is 28.6. The molecule has 12 nitrogen and oxygen atoms in total. The van der Waals surface area contributed by atoms with E-state index in [0.29, 0.717) is 50.2 Å². The highest BCUT2D eigenvalue weighted by molar-refractivity contribution is 5.91. The molecule has 4 rings (SSSR count). The van der Waals surface area contributed by atoms with Crippen molar-refractivity contribution in [3.05, 3.63) is 23.8 Å². The number of carbonyl (C=O) groups is 1. The molecule has 12 heteroatoms. The smallest absolute Gasteiger partial charge is 0.339 e. The molecule has 172 valence electrons. The first-order valence-electron chi connectivity index (χ1n) is 10.6. The first-order valence-corrected chi connectivity index (χ1v) is 10.6. The molecule has 1 aromatic carbocycles. The van der Waals surface area contributed by atoms with Gasteiger partial charge in [0.1, 0.15) is 11.3 Å². The van der Waals surface area contributed by atoms with Crippen LogP contribution >= 0.6 is 0 Å². The fraction of sp³-hybridized carbons (Fsp3) is 0.500. The lowest BCUT2D eigenvalue weighted by Crippen LogP contribution is -2.53. The number of β-amino-alcohol motifs (C(OH)–C–C–N with tert-alkyl or cyclic N) is 1. The lowest BCUT2D eigenvalue weighted by Gasteiger charge is -2.35. The second kappa shape index (κ2) is 9.10. The molecule has 0 spiro atoms. The number of piperidine rings is 2. The van der Waals surface area contributed by atoms with Crippen LogP contribution in [0.4, 0.5) is 23.5 Å².